The van der Waals surface area contributed by atoms with Gasteiger partial charge in [0.15, 0.2) is 6.61 Å². The van der Waals surface area contributed by atoms with Gasteiger partial charge in [-0.3, -0.25) is 4.79 Å². The molecule has 21 heavy (non-hydrogen) atoms. The maximum absolute atomic E-state index is 11.7. The molecular formula is C16H25BrN2O2. The Labute approximate surface area is 135 Å². The summed E-state index contributed by atoms with van der Waals surface area (Å²) in [6.07, 6.45) is 2.69. The molecule has 0 saturated heterocycles. The number of ether oxygens (including phenoxy) is 1. The Balaban J connectivity index is 2.55. The molecule has 0 aliphatic heterocycles. The van der Waals surface area contributed by atoms with E-state index in [-0.39, 0.29) is 24.6 Å². The lowest BCUT2D eigenvalue weighted by Gasteiger charge is -2.14. The van der Waals surface area contributed by atoms with Gasteiger partial charge in [0, 0.05) is 12.1 Å². The third kappa shape index (κ3) is 6.48. The molecule has 0 bridgehead atoms. The van der Waals surface area contributed by atoms with Gasteiger partial charge >= 0.3 is 0 Å². The molecule has 118 valence electrons. The Kier molecular flexibility index (Phi) is 7.75. The molecule has 5 heteroatoms. The first-order valence-corrected chi connectivity index (χ1v) is 8.21. The molecular weight excluding hydrogens is 332 g/mol. The second kappa shape index (κ2) is 9.05. The third-order valence-corrected chi connectivity index (χ3v) is 4.02. The van der Waals surface area contributed by atoms with Crippen molar-refractivity contribution in [2.45, 2.75) is 52.1 Å². The normalized spacial score (nSPS) is 13.6. The van der Waals surface area contributed by atoms with Crippen molar-refractivity contribution in [2.24, 2.45) is 5.73 Å². The number of hydrogen-bond acceptors (Lipinski definition) is 3. The van der Waals surface area contributed by atoms with Crippen molar-refractivity contribution in [3.8, 4) is 5.75 Å². The van der Waals surface area contributed by atoms with Crippen LogP contribution in [0, 0.1) is 0 Å². The summed E-state index contributed by atoms with van der Waals surface area (Å²) in [5.41, 5.74) is 7.11. The van der Waals surface area contributed by atoms with E-state index in [1.54, 1.807) is 0 Å². The number of nitrogens with two attached hydrogens (primary N) is 1. The van der Waals surface area contributed by atoms with E-state index < -0.39 is 0 Å². The van der Waals surface area contributed by atoms with Crippen LogP contribution in [0.15, 0.2) is 22.7 Å². The van der Waals surface area contributed by atoms with Crippen LogP contribution in [0.3, 0.4) is 0 Å². The number of nitrogens with one attached hydrogen (secondary N) is 1. The molecule has 0 spiro atoms. The number of halogens is 1. The van der Waals surface area contributed by atoms with Gasteiger partial charge in [0.25, 0.3) is 5.91 Å². The van der Waals surface area contributed by atoms with Crippen molar-refractivity contribution in [1.82, 2.24) is 5.32 Å². The predicted octanol–water partition coefficient (Wildman–Crippen LogP) is 3.02. The van der Waals surface area contributed by atoms with Gasteiger partial charge in [-0.15, -0.1) is 0 Å². The topological polar surface area (TPSA) is 64.3 Å². The zero-order valence-electron chi connectivity index (χ0n) is 13.0. The number of carbonyl (C=O) groups excluding carboxylic acids is 1. The Morgan fingerprint density at radius 3 is 2.67 bits per heavy atom. The van der Waals surface area contributed by atoms with E-state index in [9.17, 15) is 4.79 Å². The lowest BCUT2D eigenvalue weighted by molar-refractivity contribution is -0.123. The van der Waals surface area contributed by atoms with Gasteiger partial charge in [-0.2, -0.15) is 0 Å². The molecule has 4 nitrogen and oxygen atoms in total. The van der Waals surface area contributed by atoms with E-state index in [2.05, 4.69) is 28.2 Å². The van der Waals surface area contributed by atoms with Crippen molar-refractivity contribution < 1.29 is 9.53 Å². The first-order chi connectivity index (χ1) is 9.96. The lowest BCUT2D eigenvalue weighted by atomic mass is 10.0. The fourth-order valence-electron chi connectivity index (χ4n) is 1.80. The molecule has 0 fully saturated rings. The summed E-state index contributed by atoms with van der Waals surface area (Å²) < 4.78 is 6.39. The van der Waals surface area contributed by atoms with Crippen LogP contribution in [0.2, 0.25) is 0 Å². The number of carbonyl (C=O) groups is 1. The SMILES string of the molecule is CCC(N)Cc1ccc(OCC(=O)NC(C)CC)c(Br)c1. The van der Waals surface area contributed by atoms with Crippen molar-refractivity contribution in [3.63, 3.8) is 0 Å². The zero-order chi connectivity index (χ0) is 15.8. The van der Waals surface area contributed by atoms with E-state index in [4.69, 9.17) is 10.5 Å². The van der Waals surface area contributed by atoms with Crippen LogP contribution in [0.5, 0.6) is 5.75 Å². The van der Waals surface area contributed by atoms with Gasteiger partial charge in [-0.1, -0.05) is 19.9 Å². The summed E-state index contributed by atoms with van der Waals surface area (Å²) in [6, 6.07) is 6.20. The van der Waals surface area contributed by atoms with Gasteiger partial charge in [0.2, 0.25) is 0 Å². The fraction of sp³-hybridized carbons (Fsp3) is 0.562. The second-order valence-electron chi connectivity index (χ2n) is 5.30. The van der Waals surface area contributed by atoms with E-state index in [0.29, 0.717) is 5.75 Å². The van der Waals surface area contributed by atoms with E-state index in [1.807, 2.05) is 32.0 Å². The smallest absolute Gasteiger partial charge is 0.258 e. The standard InChI is InChI=1S/C16H25BrN2O2/c1-4-11(3)19-16(20)10-21-15-7-6-12(9-14(15)17)8-13(18)5-2/h6-7,9,11,13H,4-5,8,10,18H2,1-3H3,(H,19,20). The number of hydrogen-bond donors (Lipinski definition) is 2. The maximum atomic E-state index is 11.7. The van der Waals surface area contributed by atoms with Crippen LogP contribution < -0.4 is 15.8 Å². The number of rotatable bonds is 8. The van der Waals surface area contributed by atoms with E-state index in [0.717, 1.165) is 29.3 Å². The molecule has 0 radical (unpaired) electrons. The first kappa shape index (κ1) is 18.0. The highest BCUT2D eigenvalue weighted by Crippen LogP contribution is 2.26. The summed E-state index contributed by atoms with van der Waals surface area (Å²) >= 11 is 3.48. The number of benzene rings is 1. The second-order valence-corrected chi connectivity index (χ2v) is 6.16. The average molecular weight is 357 g/mol. The van der Waals surface area contributed by atoms with Crippen LogP contribution in [-0.2, 0) is 11.2 Å². The quantitative estimate of drug-likeness (QED) is 0.752. The molecule has 1 aromatic carbocycles. The molecule has 0 aliphatic rings. The highest BCUT2D eigenvalue weighted by Gasteiger charge is 2.09. The molecule has 0 aromatic heterocycles. The molecule has 0 saturated carbocycles. The maximum Gasteiger partial charge on any atom is 0.258 e. The Hall–Kier alpha value is -1.07. The molecule has 2 unspecified atom stereocenters. The molecule has 0 aliphatic carbocycles. The summed E-state index contributed by atoms with van der Waals surface area (Å²) in [7, 11) is 0. The Morgan fingerprint density at radius 2 is 2.10 bits per heavy atom. The highest BCUT2D eigenvalue weighted by atomic mass is 79.9. The van der Waals surface area contributed by atoms with E-state index in [1.165, 1.54) is 0 Å². The minimum Gasteiger partial charge on any atom is -0.483 e. The molecule has 3 N–H and O–H groups in total. The summed E-state index contributed by atoms with van der Waals surface area (Å²) in [5.74, 6) is 0.566. The summed E-state index contributed by atoms with van der Waals surface area (Å²) in [6.45, 7) is 6.10. The molecule has 1 amide bonds. The van der Waals surface area contributed by atoms with Crippen LogP contribution in [0.4, 0.5) is 0 Å². The van der Waals surface area contributed by atoms with Gasteiger partial charge in [0.1, 0.15) is 5.75 Å². The lowest BCUT2D eigenvalue weighted by Crippen LogP contribution is -2.35. The predicted molar refractivity (Wildman–Crippen MR) is 89.5 cm³/mol. The molecule has 1 aromatic rings. The van der Waals surface area contributed by atoms with Crippen molar-refractivity contribution in [3.05, 3.63) is 28.2 Å². The van der Waals surface area contributed by atoms with Crippen molar-refractivity contribution in [1.29, 1.82) is 0 Å². The molecule has 0 heterocycles. The van der Waals surface area contributed by atoms with Crippen LogP contribution in [-0.4, -0.2) is 24.6 Å². The van der Waals surface area contributed by atoms with Crippen LogP contribution in [0.25, 0.3) is 0 Å². The zero-order valence-corrected chi connectivity index (χ0v) is 14.6. The highest BCUT2D eigenvalue weighted by molar-refractivity contribution is 9.10. The van der Waals surface area contributed by atoms with E-state index >= 15 is 0 Å². The van der Waals surface area contributed by atoms with Crippen molar-refractivity contribution in [2.75, 3.05) is 6.61 Å². The average Bonchev–Trinajstić information content (AvgIpc) is 2.46. The number of amides is 1. The largest absolute Gasteiger partial charge is 0.483 e. The van der Waals surface area contributed by atoms with Crippen LogP contribution >= 0.6 is 15.9 Å². The third-order valence-electron chi connectivity index (χ3n) is 3.40. The fourth-order valence-corrected chi connectivity index (χ4v) is 2.34. The Bertz CT molecular complexity index is 466. The minimum absolute atomic E-state index is 0.0246. The van der Waals surface area contributed by atoms with Gasteiger partial charge in [-0.25, -0.2) is 0 Å². The first-order valence-electron chi connectivity index (χ1n) is 7.42. The van der Waals surface area contributed by atoms with Gasteiger partial charge in [-0.05, 0) is 59.8 Å². The molecule has 2 atom stereocenters. The molecule has 1 rings (SSSR count). The van der Waals surface area contributed by atoms with Crippen molar-refractivity contribution >= 4 is 21.8 Å². The Morgan fingerprint density at radius 1 is 1.38 bits per heavy atom. The van der Waals surface area contributed by atoms with Gasteiger partial charge < -0.3 is 15.8 Å². The van der Waals surface area contributed by atoms with Crippen LogP contribution in [0.1, 0.15) is 39.2 Å². The minimum atomic E-state index is -0.103. The monoisotopic (exact) mass is 356 g/mol. The summed E-state index contributed by atoms with van der Waals surface area (Å²) in [4.78, 5) is 11.7. The van der Waals surface area contributed by atoms with Gasteiger partial charge in [0.05, 0.1) is 4.47 Å². The summed E-state index contributed by atoms with van der Waals surface area (Å²) in [5, 5.41) is 2.87.